The molecule has 1 aromatic rings. The second-order valence-electron chi connectivity index (χ2n) is 4.61. The molecule has 88 valence electrons. The standard InChI is InChI=1S/C13H20N2O/c1-10-5-4-6-11(15-10)9-14-12-7-2-3-8-13(12)16/h4-6,12-14,16H,2-3,7-9H2,1H3. The first-order valence-corrected chi connectivity index (χ1v) is 6.10. The number of nitrogens with zero attached hydrogens (tertiary/aromatic N) is 1. The summed E-state index contributed by atoms with van der Waals surface area (Å²) in [7, 11) is 0. The van der Waals surface area contributed by atoms with Crippen LogP contribution in [0.4, 0.5) is 0 Å². The van der Waals surface area contributed by atoms with Crippen LogP contribution in [0.1, 0.15) is 37.1 Å². The summed E-state index contributed by atoms with van der Waals surface area (Å²) in [6.07, 6.45) is 4.20. The van der Waals surface area contributed by atoms with Gasteiger partial charge in [-0.25, -0.2) is 0 Å². The number of nitrogens with one attached hydrogen (secondary N) is 1. The van der Waals surface area contributed by atoms with Gasteiger partial charge in [0.15, 0.2) is 0 Å². The van der Waals surface area contributed by atoms with Crippen molar-refractivity contribution in [2.45, 2.75) is 51.3 Å². The molecule has 0 bridgehead atoms. The largest absolute Gasteiger partial charge is 0.392 e. The molecular weight excluding hydrogens is 200 g/mol. The fraction of sp³-hybridized carbons (Fsp3) is 0.615. The molecule has 0 aromatic carbocycles. The molecule has 2 N–H and O–H groups in total. The van der Waals surface area contributed by atoms with Gasteiger partial charge < -0.3 is 10.4 Å². The van der Waals surface area contributed by atoms with Crippen molar-refractivity contribution < 1.29 is 5.11 Å². The van der Waals surface area contributed by atoms with Gasteiger partial charge in [-0.1, -0.05) is 18.9 Å². The molecule has 0 saturated heterocycles. The molecule has 1 aliphatic carbocycles. The maximum absolute atomic E-state index is 9.82. The van der Waals surface area contributed by atoms with E-state index in [9.17, 15) is 5.11 Å². The average molecular weight is 220 g/mol. The highest BCUT2D eigenvalue weighted by Gasteiger charge is 2.22. The van der Waals surface area contributed by atoms with Crippen molar-refractivity contribution in [3.63, 3.8) is 0 Å². The van der Waals surface area contributed by atoms with E-state index in [1.807, 2.05) is 25.1 Å². The summed E-state index contributed by atoms with van der Waals surface area (Å²) in [5.74, 6) is 0. The van der Waals surface area contributed by atoms with Crippen LogP contribution in [0.15, 0.2) is 18.2 Å². The van der Waals surface area contributed by atoms with Crippen LogP contribution in [0.2, 0.25) is 0 Å². The zero-order valence-corrected chi connectivity index (χ0v) is 9.82. The minimum atomic E-state index is -0.182. The lowest BCUT2D eigenvalue weighted by molar-refractivity contribution is 0.0901. The van der Waals surface area contributed by atoms with Crippen LogP contribution in [0.3, 0.4) is 0 Å². The molecule has 3 heteroatoms. The van der Waals surface area contributed by atoms with Crippen molar-refractivity contribution in [1.82, 2.24) is 10.3 Å². The van der Waals surface area contributed by atoms with Crippen LogP contribution in [0.5, 0.6) is 0 Å². The van der Waals surface area contributed by atoms with Crippen molar-refractivity contribution in [2.24, 2.45) is 0 Å². The van der Waals surface area contributed by atoms with Crippen LogP contribution >= 0.6 is 0 Å². The average Bonchev–Trinajstić information content (AvgIpc) is 2.28. The Bertz CT molecular complexity index is 340. The van der Waals surface area contributed by atoms with E-state index in [-0.39, 0.29) is 12.1 Å². The Morgan fingerprint density at radius 3 is 2.94 bits per heavy atom. The van der Waals surface area contributed by atoms with Crippen molar-refractivity contribution in [3.05, 3.63) is 29.6 Å². The van der Waals surface area contributed by atoms with E-state index >= 15 is 0 Å². The van der Waals surface area contributed by atoms with Crippen molar-refractivity contribution in [3.8, 4) is 0 Å². The number of aromatic nitrogens is 1. The van der Waals surface area contributed by atoms with Gasteiger partial charge in [-0.05, 0) is 31.9 Å². The molecule has 1 aromatic heterocycles. The van der Waals surface area contributed by atoms with Crippen molar-refractivity contribution in [2.75, 3.05) is 0 Å². The van der Waals surface area contributed by atoms with E-state index < -0.39 is 0 Å². The highest BCUT2D eigenvalue weighted by Crippen LogP contribution is 2.18. The predicted octanol–water partition coefficient (Wildman–Crippen LogP) is 1.78. The van der Waals surface area contributed by atoms with Crippen LogP contribution in [-0.4, -0.2) is 22.2 Å². The molecule has 2 unspecified atom stereocenters. The lowest BCUT2D eigenvalue weighted by Crippen LogP contribution is -2.41. The number of aryl methyl sites for hydroxylation is 1. The third-order valence-electron chi connectivity index (χ3n) is 3.22. The minimum Gasteiger partial charge on any atom is -0.392 e. The zero-order chi connectivity index (χ0) is 11.4. The molecule has 3 nitrogen and oxygen atoms in total. The van der Waals surface area contributed by atoms with E-state index in [2.05, 4.69) is 10.3 Å². The molecule has 2 atom stereocenters. The van der Waals surface area contributed by atoms with Gasteiger partial charge in [0.25, 0.3) is 0 Å². The number of aliphatic hydroxyl groups is 1. The quantitative estimate of drug-likeness (QED) is 0.816. The normalized spacial score (nSPS) is 25.6. The summed E-state index contributed by atoms with van der Waals surface area (Å²) >= 11 is 0. The molecule has 1 heterocycles. The second-order valence-corrected chi connectivity index (χ2v) is 4.61. The van der Waals surface area contributed by atoms with Gasteiger partial charge in [0, 0.05) is 18.3 Å². The van der Waals surface area contributed by atoms with E-state index in [0.29, 0.717) is 0 Å². The fourth-order valence-corrected chi connectivity index (χ4v) is 2.28. The van der Waals surface area contributed by atoms with Gasteiger partial charge in [0.05, 0.1) is 11.8 Å². The van der Waals surface area contributed by atoms with Gasteiger partial charge in [-0.3, -0.25) is 4.98 Å². The summed E-state index contributed by atoms with van der Waals surface area (Å²) < 4.78 is 0. The third-order valence-corrected chi connectivity index (χ3v) is 3.22. The summed E-state index contributed by atoms with van der Waals surface area (Å²) in [6, 6.07) is 6.29. The Morgan fingerprint density at radius 2 is 2.19 bits per heavy atom. The van der Waals surface area contributed by atoms with E-state index in [4.69, 9.17) is 0 Å². The summed E-state index contributed by atoms with van der Waals surface area (Å²) in [4.78, 5) is 4.44. The first kappa shape index (κ1) is 11.6. The first-order chi connectivity index (χ1) is 7.75. The Hall–Kier alpha value is -0.930. The van der Waals surface area contributed by atoms with Crippen LogP contribution < -0.4 is 5.32 Å². The molecular formula is C13H20N2O. The monoisotopic (exact) mass is 220 g/mol. The van der Waals surface area contributed by atoms with Crippen LogP contribution in [0, 0.1) is 6.92 Å². The molecule has 0 radical (unpaired) electrons. The van der Waals surface area contributed by atoms with Gasteiger partial charge in [0.2, 0.25) is 0 Å². The van der Waals surface area contributed by atoms with E-state index in [1.165, 1.54) is 6.42 Å². The lowest BCUT2D eigenvalue weighted by Gasteiger charge is -2.28. The number of pyridine rings is 1. The molecule has 1 fully saturated rings. The topological polar surface area (TPSA) is 45.1 Å². The number of hydrogen-bond acceptors (Lipinski definition) is 3. The highest BCUT2D eigenvalue weighted by molar-refractivity contribution is 5.09. The summed E-state index contributed by atoms with van der Waals surface area (Å²) in [5, 5.41) is 13.2. The fourth-order valence-electron chi connectivity index (χ4n) is 2.28. The predicted molar refractivity (Wildman–Crippen MR) is 64.1 cm³/mol. The smallest absolute Gasteiger partial charge is 0.0693 e. The lowest BCUT2D eigenvalue weighted by atomic mass is 9.92. The summed E-state index contributed by atoms with van der Waals surface area (Å²) in [6.45, 7) is 2.75. The van der Waals surface area contributed by atoms with E-state index in [0.717, 1.165) is 37.2 Å². The first-order valence-electron chi connectivity index (χ1n) is 6.10. The Morgan fingerprint density at radius 1 is 1.38 bits per heavy atom. The minimum absolute atomic E-state index is 0.182. The number of aliphatic hydroxyl groups excluding tert-OH is 1. The summed E-state index contributed by atoms with van der Waals surface area (Å²) in [5.41, 5.74) is 2.10. The van der Waals surface area contributed by atoms with Gasteiger partial charge >= 0.3 is 0 Å². The SMILES string of the molecule is Cc1cccc(CNC2CCCCC2O)n1. The number of hydrogen-bond donors (Lipinski definition) is 2. The van der Waals surface area contributed by atoms with Crippen LogP contribution in [-0.2, 0) is 6.54 Å². The van der Waals surface area contributed by atoms with Gasteiger partial charge in [-0.2, -0.15) is 0 Å². The molecule has 0 amide bonds. The molecule has 0 spiro atoms. The Balaban J connectivity index is 1.86. The Labute approximate surface area is 96.9 Å². The van der Waals surface area contributed by atoms with Gasteiger partial charge in [0.1, 0.15) is 0 Å². The van der Waals surface area contributed by atoms with Gasteiger partial charge in [-0.15, -0.1) is 0 Å². The van der Waals surface area contributed by atoms with E-state index in [1.54, 1.807) is 0 Å². The second kappa shape index (κ2) is 5.41. The third kappa shape index (κ3) is 3.03. The van der Waals surface area contributed by atoms with Crippen LogP contribution in [0.25, 0.3) is 0 Å². The number of rotatable bonds is 3. The Kier molecular flexibility index (Phi) is 3.91. The van der Waals surface area contributed by atoms with Crippen molar-refractivity contribution in [1.29, 1.82) is 0 Å². The molecule has 1 saturated carbocycles. The molecule has 0 aliphatic heterocycles. The van der Waals surface area contributed by atoms with Crippen molar-refractivity contribution >= 4 is 0 Å². The highest BCUT2D eigenvalue weighted by atomic mass is 16.3. The molecule has 2 rings (SSSR count). The zero-order valence-electron chi connectivity index (χ0n) is 9.82. The maximum atomic E-state index is 9.82. The molecule has 16 heavy (non-hydrogen) atoms. The maximum Gasteiger partial charge on any atom is 0.0693 e. The molecule has 1 aliphatic rings.